The number of hydrogen-bond acceptors (Lipinski definition) is 5. The summed E-state index contributed by atoms with van der Waals surface area (Å²) in [5.74, 6) is 0.707. The normalized spacial score (nSPS) is 14.9. The lowest BCUT2D eigenvalue weighted by Crippen LogP contribution is -2.45. The molecule has 2 heterocycles. The van der Waals surface area contributed by atoms with Gasteiger partial charge in [-0.1, -0.05) is 25.1 Å². The second-order valence-electron chi connectivity index (χ2n) is 11.4. The zero-order valence-corrected chi connectivity index (χ0v) is 25.2. The van der Waals surface area contributed by atoms with Gasteiger partial charge in [-0.15, -0.1) is 13.2 Å². The van der Waals surface area contributed by atoms with Crippen molar-refractivity contribution in [2.45, 2.75) is 52.7 Å². The minimum absolute atomic E-state index is 0.193. The highest BCUT2D eigenvalue weighted by molar-refractivity contribution is 5.97. The average Bonchev–Trinajstić information content (AvgIpc) is 3.33. The van der Waals surface area contributed by atoms with Crippen molar-refractivity contribution >= 4 is 10.9 Å². The standard InChI is InChI=1S/C34H41F3N4O2/c1-4-27-20-28(43-34(35,36)37)7-8-30(27)32-23-41(11-5-10-38)33-9-6-25(19-31(32)33)21-39-12-14-40(15-13-39)22-26-16-24(2)17-29(18-26)42-3/h6-9,16-20,23H,4-5,10-15,21-22,38H2,1-3H3. The Labute approximate surface area is 251 Å². The van der Waals surface area contributed by atoms with Crippen LogP contribution in [-0.4, -0.2) is 60.6 Å². The summed E-state index contributed by atoms with van der Waals surface area (Å²) >= 11 is 0. The number of methoxy groups -OCH3 is 1. The summed E-state index contributed by atoms with van der Waals surface area (Å²) in [7, 11) is 1.71. The molecule has 1 aliphatic rings. The van der Waals surface area contributed by atoms with Crippen molar-refractivity contribution in [3.05, 3.63) is 83.0 Å². The molecule has 0 bridgehead atoms. The Morgan fingerprint density at radius 1 is 0.837 bits per heavy atom. The lowest BCUT2D eigenvalue weighted by Gasteiger charge is -2.34. The summed E-state index contributed by atoms with van der Waals surface area (Å²) in [5.41, 5.74) is 13.4. The number of fused-ring (bicyclic) bond motifs is 1. The topological polar surface area (TPSA) is 55.9 Å². The Bertz CT molecular complexity index is 1540. The van der Waals surface area contributed by atoms with E-state index >= 15 is 0 Å². The van der Waals surface area contributed by atoms with Gasteiger partial charge in [-0.25, -0.2) is 0 Å². The number of nitrogens with zero attached hydrogens (tertiary/aromatic N) is 3. The van der Waals surface area contributed by atoms with Gasteiger partial charge in [-0.3, -0.25) is 9.80 Å². The minimum Gasteiger partial charge on any atom is -0.497 e. The maximum atomic E-state index is 12.9. The van der Waals surface area contributed by atoms with Crippen molar-refractivity contribution in [3.8, 4) is 22.6 Å². The lowest BCUT2D eigenvalue weighted by atomic mass is 9.96. The van der Waals surface area contributed by atoms with Crippen molar-refractivity contribution in [3.63, 3.8) is 0 Å². The molecule has 4 aromatic rings. The zero-order chi connectivity index (χ0) is 30.6. The molecule has 0 atom stereocenters. The fourth-order valence-corrected chi connectivity index (χ4v) is 6.08. The van der Waals surface area contributed by atoms with E-state index in [1.54, 1.807) is 13.2 Å². The van der Waals surface area contributed by atoms with Crippen LogP contribution >= 0.6 is 0 Å². The number of alkyl halides is 3. The highest BCUT2D eigenvalue weighted by atomic mass is 19.4. The summed E-state index contributed by atoms with van der Waals surface area (Å²) in [5, 5.41) is 1.10. The second-order valence-corrected chi connectivity index (χ2v) is 11.4. The predicted molar refractivity (Wildman–Crippen MR) is 165 cm³/mol. The van der Waals surface area contributed by atoms with E-state index in [1.807, 2.05) is 6.92 Å². The molecule has 0 spiro atoms. The Morgan fingerprint density at radius 2 is 1.56 bits per heavy atom. The Morgan fingerprint density at radius 3 is 2.21 bits per heavy atom. The van der Waals surface area contributed by atoms with E-state index in [-0.39, 0.29) is 5.75 Å². The first-order valence-electron chi connectivity index (χ1n) is 15.0. The molecule has 1 saturated heterocycles. The van der Waals surface area contributed by atoms with Crippen molar-refractivity contribution in [1.82, 2.24) is 14.4 Å². The molecule has 6 nitrogen and oxygen atoms in total. The number of ether oxygens (including phenoxy) is 2. The van der Waals surface area contributed by atoms with Gasteiger partial charge in [0, 0.05) is 68.5 Å². The van der Waals surface area contributed by atoms with Crippen molar-refractivity contribution in [2.24, 2.45) is 5.73 Å². The van der Waals surface area contributed by atoms with Gasteiger partial charge >= 0.3 is 6.36 Å². The molecule has 1 fully saturated rings. The van der Waals surface area contributed by atoms with Gasteiger partial charge in [0.1, 0.15) is 11.5 Å². The summed E-state index contributed by atoms with van der Waals surface area (Å²) in [6, 6.07) is 17.7. The van der Waals surface area contributed by atoms with Crippen LogP contribution in [0.3, 0.4) is 0 Å². The highest BCUT2D eigenvalue weighted by Crippen LogP contribution is 2.36. The number of hydrogen-bond donors (Lipinski definition) is 1. The number of nitrogens with two attached hydrogens (primary N) is 1. The van der Waals surface area contributed by atoms with Gasteiger partial charge in [0.25, 0.3) is 0 Å². The molecule has 2 N–H and O–H groups in total. The molecule has 0 unspecified atom stereocenters. The first kappa shape index (κ1) is 30.9. The molecule has 5 rings (SSSR count). The van der Waals surface area contributed by atoms with Crippen molar-refractivity contribution in [2.75, 3.05) is 39.8 Å². The summed E-state index contributed by atoms with van der Waals surface area (Å²) in [4.78, 5) is 4.97. The summed E-state index contributed by atoms with van der Waals surface area (Å²) in [6.07, 6.45) is -1.19. The van der Waals surface area contributed by atoms with E-state index in [4.69, 9.17) is 10.5 Å². The van der Waals surface area contributed by atoms with Crippen LogP contribution in [0.25, 0.3) is 22.0 Å². The first-order valence-corrected chi connectivity index (χ1v) is 15.0. The minimum atomic E-state index is -4.72. The molecule has 9 heteroatoms. The largest absolute Gasteiger partial charge is 0.573 e. The fourth-order valence-electron chi connectivity index (χ4n) is 6.08. The quantitative estimate of drug-likeness (QED) is 0.208. The maximum Gasteiger partial charge on any atom is 0.573 e. The molecule has 0 saturated carbocycles. The monoisotopic (exact) mass is 594 g/mol. The highest BCUT2D eigenvalue weighted by Gasteiger charge is 2.31. The van der Waals surface area contributed by atoms with Gasteiger partial charge in [0.2, 0.25) is 0 Å². The third kappa shape index (κ3) is 7.71. The van der Waals surface area contributed by atoms with E-state index < -0.39 is 6.36 Å². The first-order chi connectivity index (χ1) is 20.6. The smallest absolute Gasteiger partial charge is 0.497 e. The number of aromatic nitrogens is 1. The van der Waals surface area contributed by atoms with Gasteiger partial charge < -0.3 is 19.8 Å². The maximum absolute atomic E-state index is 12.9. The van der Waals surface area contributed by atoms with Crippen LogP contribution in [0.1, 0.15) is 35.6 Å². The van der Waals surface area contributed by atoms with Crippen LogP contribution in [0, 0.1) is 6.92 Å². The van der Waals surface area contributed by atoms with Crippen molar-refractivity contribution in [1.29, 1.82) is 0 Å². The van der Waals surface area contributed by atoms with Gasteiger partial charge in [0.05, 0.1) is 7.11 Å². The molecule has 1 aromatic heterocycles. The van der Waals surface area contributed by atoms with Crippen LogP contribution < -0.4 is 15.2 Å². The van der Waals surface area contributed by atoms with Crippen LogP contribution in [0.5, 0.6) is 11.5 Å². The molecule has 1 aliphatic heterocycles. The van der Waals surface area contributed by atoms with Gasteiger partial charge in [-0.2, -0.15) is 0 Å². The predicted octanol–water partition coefficient (Wildman–Crippen LogP) is 6.75. The molecule has 0 amide bonds. The van der Waals surface area contributed by atoms with E-state index in [0.717, 1.165) is 85.6 Å². The number of rotatable bonds is 11. The van der Waals surface area contributed by atoms with E-state index in [0.29, 0.717) is 13.0 Å². The van der Waals surface area contributed by atoms with Crippen LogP contribution in [0.2, 0.25) is 0 Å². The third-order valence-electron chi connectivity index (χ3n) is 8.15. The molecule has 0 aliphatic carbocycles. The van der Waals surface area contributed by atoms with E-state index in [2.05, 4.69) is 68.6 Å². The van der Waals surface area contributed by atoms with Crippen LogP contribution in [0.4, 0.5) is 13.2 Å². The number of aryl methyl sites for hydroxylation is 3. The molecule has 230 valence electrons. The van der Waals surface area contributed by atoms with Crippen LogP contribution in [0.15, 0.2) is 60.8 Å². The van der Waals surface area contributed by atoms with E-state index in [9.17, 15) is 13.2 Å². The molecule has 43 heavy (non-hydrogen) atoms. The SMILES string of the molecule is CCc1cc(OC(F)(F)F)ccc1-c1cn(CCCN)c2ccc(CN3CCN(Cc4cc(C)cc(OC)c4)CC3)cc12. The lowest BCUT2D eigenvalue weighted by molar-refractivity contribution is -0.274. The average molecular weight is 595 g/mol. The Balaban J connectivity index is 1.35. The summed E-state index contributed by atoms with van der Waals surface area (Å²) < 4.78 is 50.5. The van der Waals surface area contributed by atoms with Crippen molar-refractivity contribution < 1.29 is 22.6 Å². The number of piperazine rings is 1. The molecule has 0 radical (unpaired) electrons. The number of halogens is 3. The van der Waals surface area contributed by atoms with Gasteiger partial charge in [0.15, 0.2) is 0 Å². The molecular weight excluding hydrogens is 553 g/mol. The third-order valence-corrected chi connectivity index (χ3v) is 8.15. The fraction of sp³-hybridized carbons (Fsp3) is 0.412. The van der Waals surface area contributed by atoms with Crippen LogP contribution in [-0.2, 0) is 26.1 Å². The number of benzene rings is 3. The Kier molecular flexibility index (Phi) is 9.64. The summed E-state index contributed by atoms with van der Waals surface area (Å²) in [6.45, 7) is 11.1. The zero-order valence-electron chi connectivity index (χ0n) is 25.2. The van der Waals surface area contributed by atoms with Gasteiger partial charge in [-0.05, 0) is 90.5 Å². The van der Waals surface area contributed by atoms with E-state index in [1.165, 1.54) is 28.8 Å². The molecule has 3 aromatic carbocycles. The molecular formula is C34H41F3N4O2. The Hall–Kier alpha value is -3.53. The second kappa shape index (κ2) is 13.4.